The van der Waals surface area contributed by atoms with Crippen LogP contribution in [0.2, 0.25) is 0 Å². The molecule has 2 atom stereocenters. The maximum absolute atomic E-state index is 12.0. The molecule has 0 bridgehead atoms. The van der Waals surface area contributed by atoms with E-state index in [1.807, 2.05) is 12.3 Å². The number of aromatic nitrogens is 1. The van der Waals surface area contributed by atoms with Gasteiger partial charge in [-0.1, -0.05) is 0 Å². The summed E-state index contributed by atoms with van der Waals surface area (Å²) in [7, 11) is 1.38. The molecular formula is C14H20N2O4S. The molecule has 1 saturated heterocycles. The Morgan fingerprint density at radius 1 is 1.52 bits per heavy atom. The van der Waals surface area contributed by atoms with Gasteiger partial charge in [-0.15, -0.1) is 11.3 Å². The number of rotatable bonds is 6. The van der Waals surface area contributed by atoms with Gasteiger partial charge in [0.2, 0.25) is 0 Å². The Labute approximate surface area is 127 Å². The van der Waals surface area contributed by atoms with Crippen molar-refractivity contribution in [1.82, 2.24) is 4.98 Å². The van der Waals surface area contributed by atoms with Crippen LogP contribution in [0.5, 0.6) is 0 Å². The van der Waals surface area contributed by atoms with Crippen LogP contribution >= 0.6 is 11.3 Å². The predicted molar refractivity (Wildman–Crippen MR) is 79.3 cm³/mol. The third kappa shape index (κ3) is 4.78. The highest BCUT2D eigenvalue weighted by Gasteiger charge is 2.28. The number of esters is 1. The molecule has 0 aromatic carbocycles. The molecule has 7 heteroatoms. The second-order valence-electron chi connectivity index (χ2n) is 5.08. The molecule has 116 valence electrons. The Balaban J connectivity index is 1.77. The van der Waals surface area contributed by atoms with E-state index >= 15 is 0 Å². The number of anilines is 1. The van der Waals surface area contributed by atoms with E-state index in [0.717, 1.165) is 18.5 Å². The van der Waals surface area contributed by atoms with Gasteiger partial charge in [-0.05, 0) is 32.6 Å². The first-order valence-corrected chi connectivity index (χ1v) is 7.94. The number of ether oxygens (including phenoxy) is 2. The van der Waals surface area contributed by atoms with Crippen molar-refractivity contribution in [2.24, 2.45) is 0 Å². The van der Waals surface area contributed by atoms with Gasteiger partial charge in [0.05, 0.1) is 18.9 Å². The largest absolute Gasteiger partial charge is 0.469 e. The SMILES string of the molecule is COC(=O)CCCc1csc(NC(=O)C2CCC(C)O2)n1. The second-order valence-corrected chi connectivity index (χ2v) is 5.93. The normalized spacial score (nSPS) is 21.2. The first kappa shape index (κ1) is 15.9. The minimum Gasteiger partial charge on any atom is -0.469 e. The van der Waals surface area contributed by atoms with Crippen molar-refractivity contribution >= 4 is 28.3 Å². The molecule has 6 nitrogen and oxygen atoms in total. The highest BCUT2D eigenvalue weighted by molar-refractivity contribution is 7.13. The summed E-state index contributed by atoms with van der Waals surface area (Å²) >= 11 is 1.39. The molecule has 1 amide bonds. The van der Waals surface area contributed by atoms with Crippen LogP contribution in [0.1, 0.15) is 38.3 Å². The lowest BCUT2D eigenvalue weighted by Crippen LogP contribution is -2.27. The standard InChI is InChI=1S/C14H20N2O4S/c1-9-6-7-11(20-9)13(18)16-14-15-10(8-21-14)4-3-5-12(17)19-2/h8-9,11H,3-7H2,1-2H3,(H,15,16,18). The number of nitrogens with one attached hydrogen (secondary N) is 1. The van der Waals surface area contributed by atoms with Gasteiger partial charge in [0.25, 0.3) is 5.91 Å². The molecule has 0 spiro atoms. The van der Waals surface area contributed by atoms with E-state index < -0.39 is 0 Å². The highest BCUT2D eigenvalue weighted by atomic mass is 32.1. The molecule has 1 aliphatic rings. The van der Waals surface area contributed by atoms with E-state index in [2.05, 4.69) is 15.0 Å². The maximum Gasteiger partial charge on any atom is 0.305 e. The quantitative estimate of drug-likeness (QED) is 0.814. The van der Waals surface area contributed by atoms with Crippen molar-refractivity contribution in [3.8, 4) is 0 Å². The zero-order valence-corrected chi connectivity index (χ0v) is 13.1. The molecule has 1 aromatic rings. The van der Waals surface area contributed by atoms with Crippen LogP contribution in [0.25, 0.3) is 0 Å². The minimum atomic E-state index is -0.369. The van der Waals surface area contributed by atoms with Crippen molar-refractivity contribution in [3.05, 3.63) is 11.1 Å². The zero-order valence-electron chi connectivity index (χ0n) is 12.3. The predicted octanol–water partition coefficient (Wildman–Crippen LogP) is 2.14. The first-order chi connectivity index (χ1) is 10.1. The average molecular weight is 312 g/mol. The van der Waals surface area contributed by atoms with Crippen molar-refractivity contribution in [2.45, 2.75) is 51.2 Å². The molecular weight excluding hydrogens is 292 g/mol. The summed E-state index contributed by atoms with van der Waals surface area (Å²) in [6.07, 6.45) is 3.20. The van der Waals surface area contributed by atoms with Crippen molar-refractivity contribution in [1.29, 1.82) is 0 Å². The molecule has 0 saturated carbocycles. The van der Waals surface area contributed by atoms with Gasteiger partial charge in [0.1, 0.15) is 6.10 Å². The minimum absolute atomic E-state index is 0.130. The summed E-state index contributed by atoms with van der Waals surface area (Å²) in [5.74, 6) is -0.346. The van der Waals surface area contributed by atoms with Crippen LogP contribution in [-0.2, 0) is 25.5 Å². The average Bonchev–Trinajstić information content (AvgIpc) is 3.08. The van der Waals surface area contributed by atoms with Gasteiger partial charge >= 0.3 is 5.97 Å². The summed E-state index contributed by atoms with van der Waals surface area (Å²) in [4.78, 5) is 27.3. The van der Waals surface area contributed by atoms with Crippen LogP contribution in [0.15, 0.2) is 5.38 Å². The molecule has 0 radical (unpaired) electrons. The molecule has 2 unspecified atom stereocenters. The van der Waals surface area contributed by atoms with Gasteiger partial charge in [-0.3, -0.25) is 14.9 Å². The molecule has 1 fully saturated rings. The Morgan fingerprint density at radius 3 is 3.00 bits per heavy atom. The third-order valence-corrected chi connectivity index (χ3v) is 4.15. The number of methoxy groups -OCH3 is 1. The first-order valence-electron chi connectivity index (χ1n) is 7.06. The van der Waals surface area contributed by atoms with Gasteiger partial charge in [-0.25, -0.2) is 4.98 Å². The smallest absolute Gasteiger partial charge is 0.305 e. The monoisotopic (exact) mass is 312 g/mol. The number of hydrogen-bond acceptors (Lipinski definition) is 6. The molecule has 2 heterocycles. The Morgan fingerprint density at radius 2 is 2.33 bits per heavy atom. The number of hydrogen-bond donors (Lipinski definition) is 1. The van der Waals surface area contributed by atoms with E-state index in [4.69, 9.17) is 4.74 Å². The van der Waals surface area contributed by atoms with E-state index in [-0.39, 0.29) is 24.1 Å². The van der Waals surface area contributed by atoms with Crippen molar-refractivity contribution in [2.75, 3.05) is 12.4 Å². The van der Waals surface area contributed by atoms with Gasteiger partial charge < -0.3 is 9.47 Å². The van der Waals surface area contributed by atoms with Crippen LogP contribution < -0.4 is 5.32 Å². The van der Waals surface area contributed by atoms with Crippen LogP contribution in [0.4, 0.5) is 5.13 Å². The third-order valence-electron chi connectivity index (χ3n) is 3.35. The number of thiazole rings is 1. The van der Waals surface area contributed by atoms with E-state index in [1.54, 1.807) is 0 Å². The van der Waals surface area contributed by atoms with Crippen molar-refractivity contribution < 1.29 is 19.1 Å². The number of carbonyl (C=O) groups is 2. The lowest BCUT2D eigenvalue weighted by Gasteiger charge is -2.09. The lowest BCUT2D eigenvalue weighted by atomic mass is 10.2. The van der Waals surface area contributed by atoms with Crippen molar-refractivity contribution in [3.63, 3.8) is 0 Å². The van der Waals surface area contributed by atoms with E-state index in [1.165, 1.54) is 18.4 Å². The highest BCUT2D eigenvalue weighted by Crippen LogP contribution is 2.22. The second kappa shape index (κ2) is 7.51. The molecule has 2 rings (SSSR count). The maximum atomic E-state index is 12.0. The number of carbonyl (C=O) groups excluding carboxylic acids is 2. The Hall–Kier alpha value is -1.47. The van der Waals surface area contributed by atoms with Gasteiger partial charge in [0.15, 0.2) is 5.13 Å². The molecule has 21 heavy (non-hydrogen) atoms. The molecule has 0 aliphatic carbocycles. The fraction of sp³-hybridized carbons (Fsp3) is 0.643. The fourth-order valence-corrected chi connectivity index (χ4v) is 2.92. The summed E-state index contributed by atoms with van der Waals surface area (Å²) in [6.45, 7) is 1.97. The van der Waals surface area contributed by atoms with Crippen LogP contribution in [0, 0.1) is 0 Å². The van der Waals surface area contributed by atoms with Crippen LogP contribution in [-0.4, -0.2) is 36.2 Å². The summed E-state index contributed by atoms with van der Waals surface area (Å²) in [5, 5.41) is 5.26. The molecule has 1 aromatic heterocycles. The van der Waals surface area contributed by atoms with E-state index in [0.29, 0.717) is 24.4 Å². The lowest BCUT2D eigenvalue weighted by molar-refractivity contribution is -0.140. The Kier molecular flexibility index (Phi) is 5.69. The van der Waals surface area contributed by atoms with E-state index in [9.17, 15) is 9.59 Å². The molecule has 1 N–H and O–H groups in total. The number of amides is 1. The number of nitrogens with zero attached hydrogens (tertiary/aromatic N) is 1. The summed E-state index contributed by atoms with van der Waals surface area (Å²) in [6, 6.07) is 0. The Bertz CT molecular complexity index is 503. The van der Waals surface area contributed by atoms with Gasteiger partial charge in [0, 0.05) is 11.8 Å². The van der Waals surface area contributed by atoms with Crippen LogP contribution in [0.3, 0.4) is 0 Å². The van der Waals surface area contributed by atoms with Gasteiger partial charge in [-0.2, -0.15) is 0 Å². The summed E-state index contributed by atoms with van der Waals surface area (Å²) in [5.41, 5.74) is 0.875. The summed E-state index contributed by atoms with van der Waals surface area (Å²) < 4.78 is 10.1. The zero-order chi connectivity index (χ0) is 15.2. The topological polar surface area (TPSA) is 77.5 Å². The molecule has 1 aliphatic heterocycles. The number of aryl methyl sites for hydroxylation is 1. The fourth-order valence-electron chi connectivity index (χ4n) is 2.18.